The van der Waals surface area contributed by atoms with Gasteiger partial charge in [0.05, 0.1) is 11.1 Å². The van der Waals surface area contributed by atoms with Crippen molar-refractivity contribution in [2.75, 3.05) is 6.54 Å². The SMILES string of the molecule is O=S(=O)(NCC(O)c1cccc2ccccc12)c1ccc(F)cc1Cl. The van der Waals surface area contributed by atoms with Crippen LogP contribution in [0.25, 0.3) is 10.8 Å². The number of fused-ring (bicyclic) bond motifs is 1. The van der Waals surface area contributed by atoms with Crippen LogP contribution in [0.3, 0.4) is 0 Å². The Labute approximate surface area is 149 Å². The summed E-state index contributed by atoms with van der Waals surface area (Å²) in [6.45, 7) is -0.232. The van der Waals surface area contributed by atoms with Crippen molar-refractivity contribution in [3.63, 3.8) is 0 Å². The second kappa shape index (κ2) is 7.09. The van der Waals surface area contributed by atoms with Crippen molar-refractivity contribution < 1.29 is 17.9 Å². The zero-order chi connectivity index (χ0) is 18.0. The van der Waals surface area contributed by atoms with E-state index in [2.05, 4.69) is 4.72 Å². The van der Waals surface area contributed by atoms with E-state index in [-0.39, 0.29) is 16.5 Å². The quantitative estimate of drug-likeness (QED) is 0.711. The lowest BCUT2D eigenvalue weighted by molar-refractivity contribution is 0.183. The molecule has 3 rings (SSSR count). The molecule has 0 aliphatic carbocycles. The molecule has 7 heteroatoms. The van der Waals surface area contributed by atoms with Gasteiger partial charge in [0.25, 0.3) is 0 Å². The molecule has 0 aromatic heterocycles. The summed E-state index contributed by atoms with van der Waals surface area (Å²) in [7, 11) is -3.97. The first-order valence-electron chi connectivity index (χ1n) is 7.49. The Morgan fingerprint density at radius 3 is 2.56 bits per heavy atom. The van der Waals surface area contributed by atoms with Crippen LogP contribution in [0.5, 0.6) is 0 Å². The van der Waals surface area contributed by atoms with Gasteiger partial charge < -0.3 is 5.11 Å². The molecule has 0 aliphatic rings. The van der Waals surface area contributed by atoms with E-state index in [9.17, 15) is 17.9 Å². The van der Waals surface area contributed by atoms with Gasteiger partial charge in [0.15, 0.2) is 0 Å². The first kappa shape index (κ1) is 17.8. The van der Waals surface area contributed by atoms with Crippen molar-refractivity contribution in [3.05, 3.63) is 77.1 Å². The Kier molecular flexibility index (Phi) is 5.06. The highest BCUT2D eigenvalue weighted by atomic mass is 35.5. The standard InChI is InChI=1S/C18H15ClFNO3S/c19-16-10-13(20)8-9-18(16)25(23,24)21-11-17(22)15-7-3-5-12-4-1-2-6-14(12)15/h1-10,17,21-22H,11H2. The molecule has 0 saturated carbocycles. The van der Waals surface area contributed by atoms with E-state index in [1.54, 1.807) is 12.1 Å². The average molecular weight is 380 g/mol. The molecule has 130 valence electrons. The van der Waals surface area contributed by atoms with E-state index in [1.165, 1.54) is 0 Å². The third kappa shape index (κ3) is 3.82. The number of hydrogen-bond acceptors (Lipinski definition) is 3. The van der Waals surface area contributed by atoms with Crippen molar-refractivity contribution >= 4 is 32.4 Å². The minimum atomic E-state index is -3.97. The van der Waals surface area contributed by atoms with E-state index in [0.717, 1.165) is 29.0 Å². The summed E-state index contributed by atoms with van der Waals surface area (Å²) in [5, 5.41) is 12.0. The summed E-state index contributed by atoms with van der Waals surface area (Å²) in [6.07, 6.45) is -1.04. The summed E-state index contributed by atoms with van der Waals surface area (Å²) >= 11 is 5.80. The van der Waals surface area contributed by atoms with Crippen LogP contribution in [0, 0.1) is 5.82 Å². The fraction of sp³-hybridized carbons (Fsp3) is 0.111. The predicted octanol–water partition coefficient (Wildman–Crippen LogP) is 3.64. The van der Waals surface area contributed by atoms with E-state index in [1.807, 2.05) is 30.3 Å². The van der Waals surface area contributed by atoms with Crippen LogP contribution in [0.2, 0.25) is 5.02 Å². The number of sulfonamides is 1. The molecule has 0 amide bonds. The maximum absolute atomic E-state index is 13.1. The third-order valence-corrected chi connectivity index (χ3v) is 5.74. The molecule has 0 saturated heterocycles. The molecule has 0 aliphatic heterocycles. The number of aliphatic hydroxyl groups excluding tert-OH is 1. The highest BCUT2D eigenvalue weighted by Gasteiger charge is 2.20. The normalized spacial score (nSPS) is 13.1. The van der Waals surface area contributed by atoms with Crippen molar-refractivity contribution in [1.29, 1.82) is 0 Å². The number of benzene rings is 3. The molecule has 0 radical (unpaired) electrons. The molecular weight excluding hydrogens is 365 g/mol. The first-order valence-corrected chi connectivity index (χ1v) is 9.35. The van der Waals surface area contributed by atoms with Crippen LogP contribution in [-0.2, 0) is 10.0 Å². The molecule has 0 bridgehead atoms. The van der Waals surface area contributed by atoms with Crippen LogP contribution in [0.15, 0.2) is 65.6 Å². The Morgan fingerprint density at radius 2 is 1.80 bits per heavy atom. The smallest absolute Gasteiger partial charge is 0.242 e. The minimum Gasteiger partial charge on any atom is -0.387 e. The fourth-order valence-corrected chi connectivity index (χ4v) is 4.18. The van der Waals surface area contributed by atoms with Crippen LogP contribution in [0.1, 0.15) is 11.7 Å². The maximum atomic E-state index is 13.1. The number of halogens is 2. The van der Waals surface area contributed by atoms with Crippen molar-refractivity contribution in [2.45, 2.75) is 11.0 Å². The number of nitrogens with one attached hydrogen (secondary N) is 1. The summed E-state index contributed by atoms with van der Waals surface area (Å²) in [4.78, 5) is -0.235. The zero-order valence-electron chi connectivity index (χ0n) is 13.0. The van der Waals surface area contributed by atoms with Gasteiger partial charge in [0.2, 0.25) is 10.0 Å². The largest absolute Gasteiger partial charge is 0.387 e. The maximum Gasteiger partial charge on any atom is 0.242 e. The molecule has 0 fully saturated rings. The topological polar surface area (TPSA) is 66.4 Å². The van der Waals surface area contributed by atoms with Crippen LogP contribution >= 0.6 is 11.6 Å². The lowest BCUT2D eigenvalue weighted by Gasteiger charge is -2.15. The van der Waals surface area contributed by atoms with Crippen molar-refractivity contribution in [2.24, 2.45) is 0 Å². The van der Waals surface area contributed by atoms with Gasteiger partial charge in [0, 0.05) is 6.54 Å². The Hall–Kier alpha value is -1.99. The number of hydrogen-bond donors (Lipinski definition) is 2. The van der Waals surface area contributed by atoms with Gasteiger partial charge in [0.1, 0.15) is 10.7 Å². The molecule has 1 unspecified atom stereocenters. The van der Waals surface area contributed by atoms with Crippen molar-refractivity contribution in [3.8, 4) is 0 Å². The summed E-state index contributed by atoms with van der Waals surface area (Å²) in [6, 6.07) is 16.0. The lowest BCUT2D eigenvalue weighted by Crippen LogP contribution is -2.28. The molecule has 0 heterocycles. The van der Waals surface area contributed by atoms with Gasteiger partial charge in [-0.3, -0.25) is 0 Å². The number of rotatable bonds is 5. The molecule has 3 aromatic rings. The van der Waals surface area contributed by atoms with Crippen LogP contribution < -0.4 is 4.72 Å². The van der Waals surface area contributed by atoms with Crippen molar-refractivity contribution in [1.82, 2.24) is 4.72 Å². The molecule has 0 spiro atoms. The van der Waals surface area contributed by atoms with E-state index >= 15 is 0 Å². The molecule has 4 nitrogen and oxygen atoms in total. The highest BCUT2D eigenvalue weighted by molar-refractivity contribution is 7.89. The monoisotopic (exact) mass is 379 g/mol. The Balaban J connectivity index is 1.82. The van der Waals surface area contributed by atoms with E-state index in [4.69, 9.17) is 11.6 Å². The van der Waals surface area contributed by atoms with Crippen LogP contribution in [0.4, 0.5) is 4.39 Å². The van der Waals surface area contributed by atoms with Crippen LogP contribution in [-0.4, -0.2) is 20.1 Å². The summed E-state index contributed by atoms with van der Waals surface area (Å²) < 4.78 is 40.1. The Morgan fingerprint density at radius 1 is 1.08 bits per heavy atom. The number of aliphatic hydroxyl groups is 1. The van der Waals surface area contributed by atoms with E-state index < -0.39 is 21.9 Å². The zero-order valence-corrected chi connectivity index (χ0v) is 14.6. The van der Waals surface area contributed by atoms with Gasteiger partial charge in [-0.1, -0.05) is 54.1 Å². The second-order valence-corrected chi connectivity index (χ2v) is 7.65. The highest BCUT2D eigenvalue weighted by Crippen LogP contribution is 2.25. The van der Waals surface area contributed by atoms with E-state index in [0.29, 0.717) is 5.56 Å². The molecule has 3 aromatic carbocycles. The molecular formula is C18H15ClFNO3S. The first-order chi connectivity index (χ1) is 11.9. The van der Waals surface area contributed by atoms with Gasteiger partial charge in [-0.15, -0.1) is 0 Å². The fourth-order valence-electron chi connectivity index (χ4n) is 2.61. The van der Waals surface area contributed by atoms with Gasteiger partial charge in [-0.05, 0) is 34.5 Å². The Bertz CT molecular complexity index is 1020. The van der Waals surface area contributed by atoms with Gasteiger partial charge in [-0.25, -0.2) is 17.5 Å². The molecule has 25 heavy (non-hydrogen) atoms. The summed E-state index contributed by atoms with van der Waals surface area (Å²) in [5.74, 6) is -0.625. The molecule has 2 N–H and O–H groups in total. The minimum absolute atomic E-state index is 0.216. The summed E-state index contributed by atoms with van der Waals surface area (Å²) in [5.41, 5.74) is 0.617. The third-order valence-electron chi connectivity index (χ3n) is 3.83. The van der Waals surface area contributed by atoms with Gasteiger partial charge >= 0.3 is 0 Å². The predicted molar refractivity (Wildman–Crippen MR) is 95.5 cm³/mol. The average Bonchev–Trinajstić information content (AvgIpc) is 2.59. The second-order valence-electron chi connectivity index (χ2n) is 5.51. The molecule has 1 atom stereocenters. The lowest BCUT2D eigenvalue weighted by atomic mass is 10.0. The van der Waals surface area contributed by atoms with Gasteiger partial charge in [-0.2, -0.15) is 0 Å².